The number of aryl methyl sites for hydroxylation is 1. The Kier molecular flexibility index (Phi) is 5.50. The zero-order chi connectivity index (χ0) is 20.7. The Bertz CT molecular complexity index is 948. The average molecular weight is 446 g/mol. The van der Waals surface area contributed by atoms with E-state index in [1.54, 1.807) is 0 Å². The van der Waals surface area contributed by atoms with Crippen molar-refractivity contribution in [2.75, 3.05) is 35.7 Å². The first kappa shape index (κ1) is 20.3. The van der Waals surface area contributed by atoms with Crippen LogP contribution >= 0.6 is 11.6 Å². The van der Waals surface area contributed by atoms with Crippen molar-refractivity contribution in [3.63, 3.8) is 0 Å². The fraction of sp³-hybridized carbons (Fsp3) is 0.522. The summed E-state index contributed by atoms with van der Waals surface area (Å²) in [7, 11) is -1.01. The molecule has 2 aliphatic heterocycles. The second kappa shape index (κ2) is 8.13. The third-order valence-corrected chi connectivity index (χ3v) is 8.69. The maximum atomic E-state index is 12.6. The van der Waals surface area contributed by atoms with Crippen molar-refractivity contribution in [1.82, 2.24) is 4.98 Å². The van der Waals surface area contributed by atoms with E-state index in [1.807, 2.05) is 12.1 Å². The third kappa shape index (κ3) is 3.74. The lowest BCUT2D eigenvalue weighted by Crippen LogP contribution is -2.48. The minimum Gasteiger partial charge on any atom is -0.394 e. The molecule has 3 heterocycles. The van der Waals surface area contributed by atoms with Crippen LogP contribution in [0.1, 0.15) is 49.3 Å². The van der Waals surface area contributed by atoms with E-state index in [4.69, 9.17) is 16.6 Å². The van der Waals surface area contributed by atoms with E-state index < -0.39 is 10.8 Å². The average Bonchev–Trinajstić information content (AvgIpc) is 3.12. The third-order valence-electron chi connectivity index (χ3n) is 6.96. The largest absolute Gasteiger partial charge is 0.394 e. The first-order valence-corrected chi connectivity index (χ1v) is 12.6. The van der Waals surface area contributed by atoms with E-state index in [0.717, 1.165) is 78.7 Å². The fourth-order valence-corrected chi connectivity index (χ4v) is 6.40. The number of nitrogens with one attached hydrogen (secondary N) is 1. The van der Waals surface area contributed by atoms with Gasteiger partial charge in [-0.2, -0.15) is 0 Å². The van der Waals surface area contributed by atoms with E-state index in [2.05, 4.69) is 28.4 Å². The van der Waals surface area contributed by atoms with E-state index in [0.29, 0.717) is 11.7 Å². The summed E-state index contributed by atoms with van der Waals surface area (Å²) >= 11 is 6.04. The Labute approximate surface area is 185 Å². The van der Waals surface area contributed by atoms with Crippen LogP contribution in [0.4, 0.5) is 11.5 Å². The second-order valence-corrected chi connectivity index (χ2v) is 10.8. The first-order valence-electron chi connectivity index (χ1n) is 10.9. The van der Waals surface area contributed by atoms with Gasteiger partial charge in [0.25, 0.3) is 0 Å². The van der Waals surface area contributed by atoms with Crippen molar-refractivity contribution >= 4 is 33.9 Å². The molecule has 1 aromatic heterocycles. The maximum Gasteiger partial charge on any atom is 0.130 e. The van der Waals surface area contributed by atoms with Gasteiger partial charge in [0.1, 0.15) is 5.82 Å². The van der Waals surface area contributed by atoms with Gasteiger partial charge in [-0.1, -0.05) is 23.7 Å². The van der Waals surface area contributed by atoms with Crippen LogP contribution in [-0.2, 0) is 17.2 Å². The number of aliphatic hydroxyl groups is 1. The molecule has 3 aliphatic rings. The van der Waals surface area contributed by atoms with Gasteiger partial charge in [0.2, 0.25) is 0 Å². The van der Waals surface area contributed by atoms with Crippen LogP contribution in [0.3, 0.4) is 0 Å². The van der Waals surface area contributed by atoms with Gasteiger partial charge in [-0.15, -0.1) is 0 Å². The molecule has 0 amide bonds. The lowest BCUT2D eigenvalue weighted by molar-refractivity contribution is 0.144. The molecule has 0 radical (unpaired) electrons. The molecular formula is C23H28ClN3O2S. The Morgan fingerprint density at radius 1 is 1.23 bits per heavy atom. The summed E-state index contributed by atoms with van der Waals surface area (Å²) in [4.78, 5) is 8.12. The molecule has 0 unspecified atom stereocenters. The number of benzene rings is 1. The highest BCUT2D eigenvalue weighted by Crippen LogP contribution is 2.40. The number of aromatic nitrogens is 1. The molecule has 160 valence electrons. The Morgan fingerprint density at radius 3 is 2.60 bits per heavy atom. The smallest absolute Gasteiger partial charge is 0.130 e. The molecular weight excluding hydrogens is 418 g/mol. The zero-order valence-electron chi connectivity index (χ0n) is 17.1. The van der Waals surface area contributed by atoms with Gasteiger partial charge in [0.15, 0.2) is 0 Å². The number of anilines is 2. The summed E-state index contributed by atoms with van der Waals surface area (Å²) in [5.74, 6) is 2.16. The summed E-state index contributed by atoms with van der Waals surface area (Å²) in [6, 6.07) is 10.3. The van der Waals surface area contributed by atoms with E-state index >= 15 is 0 Å². The first-order chi connectivity index (χ1) is 14.6. The lowest BCUT2D eigenvalue weighted by Gasteiger charge is -2.42. The normalized spacial score (nSPS) is 23.1. The molecule has 30 heavy (non-hydrogen) atoms. The molecule has 1 saturated carbocycles. The highest BCUT2D eigenvalue weighted by Gasteiger charge is 2.38. The van der Waals surface area contributed by atoms with Crippen LogP contribution < -0.4 is 10.2 Å². The van der Waals surface area contributed by atoms with Gasteiger partial charge in [0.05, 0.1) is 39.2 Å². The number of rotatable bonds is 5. The van der Waals surface area contributed by atoms with Crippen molar-refractivity contribution in [2.24, 2.45) is 0 Å². The minimum atomic E-state index is -1.01. The predicted octanol–water partition coefficient (Wildman–Crippen LogP) is 4.11. The number of fused-ring (bicyclic) bond motifs is 1. The van der Waals surface area contributed by atoms with Crippen LogP contribution in [0.15, 0.2) is 35.2 Å². The van der Waals surface area contributed by atoms with Crippen LogP contribution in [0.5, 0.6) is 0 Å². The van der Waals surface area contributed by atoms with Gasteiger partial charge in [-0.25, -0.2) is 4.98 Å². The zero-order valence-corrected chi connectivity index (χ0v) is 18.6. The standard InChI is InChI=1S/C23H28ClN3O2S/c24-18-4-2-16(3-5-18)17-6-11-27(12-7-17)21-14-20(26-23(15-28)9-1-10-23)22-19(25-21)8-13-30(22)29/h2-5,14,17,28H,1,6-13,15H2,(H,25,26)/t30-/m0/s1. The van der Waals surface area contributed by atoms with Crippen LogP contribution in [-0.4, -0.2) is 45.3 Å². The predicted molar refractivity (Wildman–Crippen MR) is 122 cm³/mol. The molecule has 2 N–H and O–H groups in total. The van der Waals surface area contributed by atoms with Crippen molar-refractivity contribution in [1.29, 1.82) is 0 Å². The summed E-state index contributed by atoms with van der Waals surface area (Å²) in [5, 5.41) is 14.3. The summed E-state index contributed by atoms with van der Waals surface area (Å²) < 4.78 is 12.6. The number of hydrogen-bond donors (Lipinski definition) is 2. The van der Waals surface area contributed by atoms with Crippen LogP contribution in [0.25, 0.3) is 0 Å². The van der Waals surface area contributed by atoms with Crippen molar-refractivity contribution in [2.45, 2.75) is 54.9 Å². The number of aliphatic hydroxyl groups excluding tert-OH is 1. The number of pyridine rings is 1. The number of halogens is 1. The number of piperidine rings is 1. The van der Waals surface area contributed by atoms with Crippen LogP contribution in [0, 0.1) is 0 Å². The van der Waals surface area contributed by atoms with Gasteiger partial charge in [0, 0.05) is 36.4 Å². The van der Waals surface area contributed by atoms with Crippen LogP contribution in [0.2, 0.25) is 5.02 Å². The van der Waals surface area contributed by atoms with Gasteiger partial charge in [-0.3, -0.25) is 4.21 Å². The Morgan fingerprint density at radius 2 is 1.97 bits per heavy atom. The minimum absolute atomic E-state index is 0.110. The second-order valence-electron chi connectivity index (χ2n) is 8.83. The highest BCUT2D eigenvalue weighted by molar-refractivity contribution is 7.85. The lowest BCUT2D eigenvalue weighted by atomic mass is 9.77. The molecule has 1 saturated heterocycles. The van der Waals surface area contributed by atoms with E-state index in [-0.39, 0.29) is 12.1 Å². The summed E-state index contributed by atoms with van der Waals surface area (Å²) in [6.45, 7) is 2.01. The highest BCUT2D eigenvalue weighted by atomic mass is 35.5. The number of nitrogens with zero attached hydrogens (tertiary/aromatic N) is 2. The molecule has 2 fully saturated rings. The summed E-state index contributed by atoms with van der Waals surface area (Å²) in [5.41, 5.74) is 2.97. The molecule has 5 rings (SSSR count). The SMILES string of the molecule is O=[S@]1CCc2nc(N3CCC(c4ccc(Cl)cc4)CC3)cc(NC3(CO)CCC3)c21. The summed E-state index contributed by atoms with van der Waals surface area (Å²) in [6.07, 6.45) is 5.95. The molecule has 1 aliphatic carbocycles. The monoisotopic (exact) mass is 445 g/mol. The topological polar surface area (TPSA) is 65.5 Å². The quantitative estimate of drug-likeness (QED) is 0.725. The maximum absolute atomic E-state index is 12.6. The fourth-order valence-electron chi connectivity index (χ4n) is 4.93. The number of hydrogen-bond acceptors (Lipinski definition) is 5. The molecule has 1 aromatic carbocycles. The molecule has 5 nitrogen and oxygen atoms in total. The van der Waals surface area contributed by atoms with Crippen molar-refractivity contribution in [3.05, 3.63) is 46.6 Å². The van der Waals surface area contributed by atoms with Gasteiger partial charge >= 0.3 is 0 Å². The van der Waals surface area contributed by atoms with E-state index in [9.17, 15) is 9.32 Å². The van der Waals surface area contributed by atoms with Crippen molar-refractivity contribution < 1.29 is 9.32 Å². The molecule has 0 bridgehead atoms. The molecule has 7 heteroatoms. The van der Waals surface area contributed by atoms with E-state index in [1.165, 1.54) is 5.56 Å². The van der Waals surface area contributed by atoms with Gasteiger partial charge < -0.3 is 15.3 Å². The molecule has 0 spiro atoms. The Balaban J connectivity index is 1.37. The van der Waals surface area contributed by atoms with Gasteiger partial charge in [-0.05, 0) is 55.7 Å². The molecule has 2 aromatic rings. The molecule has 1 atom stereocenters. The van der Waals surface area contributed by atoms with Crippen molar-refractivity contribution in [3.8, 4) is 0 Å². The Hall–Kier alpha value is -1.63.